The van der Waals surface area contributed by atoms with E-state index in [0.29, 0.717) is 13.0 Å². The smallest absolute Gasteiger partial charge is 0.228 e. The lowest BCUT2D eigenvalue weighted by Crippen LogP contribution is -2.25. The van der Waals surface area contributed by atoms with E-state index < -0.39 is 0 Å². The topological polar surface area (TPSA) is 20.3 Å². The van der Waals surface area contributed by atoms with Crippen molar-refractivity contribution in [1.29, 1.82) is 0 Å². The normalized spacial score (nSPS) is 20.4. The fourth-order valence-corrected chi connectivity index (χ4v) is 2.00. The summed E-state index contributed by atoms with van der Waals surface area (Å²) in [4.78, 5) is 13.3. The molecule has 3 heteroatoms. The molecule has 0 radical (unpaired) electrons. The lowest BCUT2D eigenvalue weighted by atomic mass is 10.1. The van der Waals surface area contributed by atoms with Gasteiger partial charge in [-0.15, -0.1) is 18.0 Å². The molecule has 2 rings (SSSR count). The van der Waals surface area contributed by atoms with Crippen molar-refractivity contribution in [3.05, 3.63) is 29.8 Å². The number of carbonyl (C=O) groups is 1. The molecule has 1 amide bonds. The van der Waals surface area contributed by atoms with E-state index in [4.69, 9.17) is 18.0 Å². The molecule has 15 heavy (non-hydrogen) atoms. The summed E-state index contributed by atoms with van der Waals surface area (Å²) in [5.74, 6) is 2.61. The van der Waals surface area contributed by atoms with Gasteiger partial charge in [0.05, 0.1) is 11.1 Å². The summed E-state index contributed by atoms with van der Waals surface area (Å²) < 4.78 is 0. The molecule has 1 aliphatic heterocycles. The maximum Gasteiger partial charge on any atom is 0.228 e. The summed E-state index contributed by atoms with van der Waals surface area (Å²) in [6.45, 7) is 0.541. The minimum atomic E-state index is -0.108. The van der Waals surface area contributed by atoms with Gasteiger partial charge in [0.15, 0.2) is 0 Å². The third-order valence-corrected chi connectivity index (χ3v) is 2.72. The van der Waals surface area contributed by atoms with Crippen LogP contribution in [0.5, 0.6) is 0 Å². The van der Waals surface area contributed by atoms with Crippen LogP contribution in [0.1, 0.15) is 12.0 Å². The minimum Gasteiger partial charge on any atom is -0.310 e. The highest BCUT2D eigenvalue weighted by Gasteiger charge is 2.29. The molecule has 1 aliphatic rings. The maximum absolute atomic E-state index is 11.6. The third kappa shape index (κ3) is 1.84. The van der Waals surface area contributed by atoms with Crippen LogP contribution in [0.4, 0.5) is 5.69 Å². The zero-order valence-corrected chi connectivity index (χ0v) is 8.87. The molecule has 0 aromatic heterocycles. The zero-order chi connectivity index (χ0) is 10.8. The Labute approximate surface area is 93.8 Å². The highest BCUT2D eigenvalue weighted by Crippen LogP contribution is 2.26. The van der Waals surface area contributed by atoms with E-state index in [1.165, 1.54) is 0 Å². The van der Waals surface area contributed by atoms with Crippen molar-refractivity contribution >= 4 is 23.2 Å². The summed E-state index contributed by atoms with van der Waals surface area (Å²) in [6, 6.07) is 7.40. The molecule has 1 fully saturated rings. The number of benzene rings is 1. The first-order valence-electron chi connectivity index (χ1n) is 4.72. The van der Waals surface area contributed by atoms with Crippen LogP contribution in [-0.4, -0.2) is 17.8 Å². The van der Waals surface area contributed by atoms with Gasteiger partial charge in [0.2, 0.25) is 5.91 Å². The monoisotopic (exact) mass is 219 g/mol. The number of hydrogen-bond donors (Lipinski definition) is 0. The number of terminal acetylenes is 1. The van der Waals surface area contributed by atoms with Crippen molar-refractivity contribution in [2.45, 2.75) is 11.8 Å². The lowest BCUT2D eigenvalue weighted by Gasteiger charge is -2.17. The Hall–Kier alpha value is -1.46. The van der Waals surface area contributed by atoms with Gasteiger partial charge in [-0.2, -0.15) is 0 Å². The fraction of sp³-hybridized carbons (Fsp3) is 0.250. The van der Waals surface area contributed by atoms with Crippen LogP contribution in [0.25, 0.3) is 0 Å². The van der Waals surface area contributed by atoms with Crippen LogP contribution in [0, 0.1) is 12.3 Å². The molecule has 1 atom stereocenters. The van der Waals surface area contributed by atoms with Crippen molar-refractivity contribution in [2.75, 3.05) is 11.4 Å². The molecule has 2 nitrogen and oxygen atoms in total. The molecule has 1 saturated heterocycles. The van der Waals surface area contributed by atoms with Crippen LogP contribution in [0.15, 0.2) is 24.3 Å². The number of hydrogen-bond acceptors (Lipinski definition) is 1. The summed E-state index contributed by atoms with van der Waals surface area (Å²) in [6.07, 6.45) is 5.77. The van der Waals surface area contributed by atoms with E-state index in [2.05, 4.69) is 5.92 Å². The minimum absolute atomic E-state index is 0.0395. The second-order valence-corrected chi connectivity index (χ2v) is 4.08. The molecule has 1 unspecified atom stereocenters. The van der Waals surface area contributed by atoms with E-state index in [9.17, 15) is 4.79 Å². The van der Waals surface area contributed by atoms with Crippen LogP contribution in [0.3, 0.4) is 0 Å². The van der Waals surface area contributed by atoms with Gasteiger partial charge in [0.1, 0.15) is 0 Å². The Kier molecular flexibility index (Phi) is 2.66. The molecule has 1 aromatic carbocycles. The number of amides is 1. The Morgan fingerprint density at radius 2 is 2.20 bits per heavy atom. The Bertz CT molecular complexity index is 435. The SMILES string of the molecule is C#Cc1ccccc1N1CC(Cl)CC1=O. The van der Waals surface area contributed by atoms with Crippen molar-refractivity contribution < 1.29 is 4.79 Å². The van der Waals surface area contributed by atoms with E-state index in [0.717, 1.165) is 11.3 Å². The van der Waals surface area contributed by atoms with Gasteiger partial charge in [0.25, 0.3) is 0 Å². The second kappa shape index (κ2) is 3.96. The highest BCUT2D eigenvalue weighted by atomic mass is 35.5. The molecule has 0 bridgehead atoms. The van der Waals surface area contributed by atoms with Crippen LogP contribution >= 0.6 is 11.6 Å². The van der Waals surface area contributed by atoms with E-state index >= 15 is 0 Å². The Balaban J connectivity index is 2.38. The molecule has 76 valence electrons. The van der Waals surface area contributed by atoms with Gasteiger partial charge in [-0.25, -0.2) is 0 Å². The largest absolute Gasteiger partial charge is 0.310 e. The van der Waals surface area contributed by atoms with Crippen LogP contribution in [0.2, 0.25) is 0 Å². The number of carbonyl (C=O) groups excluding carboxylic acids is 1. The van der Waals surface area contributed by atoms with Crippen molar-refractivity contribution in [1.82, 2.24) is 0 Å². The average Bonchev–Trinajstić information content (AvgIpc) is 2.57. The van der Waals surface area contributed by atoms with Crippen molar-refractivity contribution in [3.8, 4) is 12.3 Å². The van der Waals surface area contributed by atoms with Crippen molar-refractivity contribution in [2.24, 2.45) is 0 Å². The summed E-state index contributed by atoms with van der Waals surface area (Å²) >= 11 is 5.93. The number of anilines is 1. The van der Waals surface area contributed by atoms with Gasteiger partial charge in [-0.3, -0.25) is 4.79 Å². The van der Waals surface area contributed by atoms with Crippen LogP contribution < -0.4 is 4.90 Å². The molecule has 0 aliphatic carbocycles. The molecule has 1 aromatic rings. The third-order valence-electron chi connectivity index (χ3n) is 2.43. The first-order valence-corrected chi connectivity index (χ1v) is 5.16. The summed E-state index contributed by atoms with van der Waals surface area (Å²) in [7, 11) is 0. The van der Waals surface area contributed by atoms with Gasteiger partial charge >= 0.3 is 0 Å². The number of nitrogens with zero attached hydrogens (tertiary/aromatic N) is 1. The molecular formula is C12H10ClNO. The number of rotatable bonds is 1. The first kappa shape index (κ1) is 10.1. The summed E-state index contributed by atoms with van der Waals surface area (Å²) in [5.41, 5.74) is 1.52. The van der Waals surface area contributed by atoms with E-state index in [-0.39, 0.29) is 11.3 Å². The number of halogens is 1. The quantitative estimate of drug-likeness (QED) is 0.523. The van der Waals surface area contributed by atoms with E-state index in [1.807, 2.05) is 24.3 Å². The lowest BCUT2D eigenvalue weighted by molar-refractivity contribution is -0.117. The predicted octanol–water partition coefficient (Wildman–Crippen LogP) is 2.01. The first-order chi connectivity index (χ1) is 7.22. The average molecular weight is 220 g/mol. The molecule has 0 spiro atoms. The molecule has 1 heterocycles. The Morgan fingerprint density at radius 1 is 1.47 bits per heavy atom. The molecular weight excluding hydrogens is 210 g/mol. The molecule has 0 N–H and O–H groups in total. The predicted molar refractivity (Wildman–Crippen MR) is 61.0 cm³/mol. The van der Waals surface area contributed by atoms with Gasteiger partial charge in [-0.1, -0.05) is 18.1 Å². The van der Waals surface area contributed by atoms with Gasteiger partial charge in [0, 0.05) is 18.5 Å². The van der Waals surface area contributed by atoms with E-state index in [1.54, 1.807) is 4.90 Å². The second-order valence-electron chi connectivity index (χ2n) is 3.47. The standard InChI is InChI=1S/C12H10ClNO/c1-2-9-5-3-4-6-11(9)14-8-10(13)7-12(14)15/h1,3-6,10H,7-8H2. The number of alkyl halides is 1. The highest BCUT2D eigenvalue weighted by molar-refractivity contribution is 6.24. The summed E-state index contributed by atoms with van der Waals surface area (Å²) in [5, 5.41) is -0.108. The van der Waals surface area contributed by atoms with Gasteiger partial charge in [-0.05, 0) is 12.1 Å². The van der Waals surface area contributed by atoms with Crippen molar-refractivity contribution in [3.63, 3.8) is 0 Å². The Morgan fingerprint density at radius 3 is 2.80 bits per heavy atom. The van der Waals surface area contributed by atoms with Crippen LogP contribution in [-0.2, 0) is 4.79 Å². The maximum atomic E-state index is 11.6. The zero-order valence-electron chi connectivity index (χ0n) is 8.11. The fourth-order valence-electron chi connectivity index (χ4n) is 1.73. The molecule has 0 saturated carbocycles. The van der Waals surface area contributed by atoms with Gasteiger partial charge < -0.3 is 4.90 Å². The number of para-hydroxylation sites is 1.